The summed E-state index contributed by atoms with van der Waals surface area (Å²) in [4.78, 5) is 4.69. The second-order valence-corrected chi connectivity index (χ2v) is 7.10. The standard InChI is InChI=1S/C15H20N3OSi/c1-11-6-7-14(15(8-11)19-20(4)5)17-12(2)13-9-16-18(3)10-13/h6-10H,1-5H3/p+1. The lowest BCUT2D eigenvalue weighted by Gasteiger charge is -2.12. The summed E-state index contributed by atoms with van der Waals surface area (Å²) in [6, 6.07) is 6.11. The monoisotopic (exact) mass is 287 g/mol. The Bertz CT molecular complexity index is 638. The summed E-state index contributed by atoms with van der Waals surface area (Å²) in [6.45, 7) is 8.29. The van der Waals surface area contributed by atoms with E-state index in [1.165, 1.54) is 5.56 Å². The zero-order chi connectivity index (χ0) is 14.7. The van der Waals surface area contributed by atoms with E-state index in [0.717, 1.165) is 22.7 Å². The molecule has 0 bridgehead atoms. The van der Waals surface area contributed by atoms with Crippen molar-refractivity contribution in [2.45, 2.75) is 26.9 Å². The van der Waals surface area contributed by atoms with E-state index in [9.17, 15) is 0 Å². The molecule has 1 radical (unpaired) electrons. The Kier molecular flexibility index (Phi) is 4.39. The van der Waals surface area contributed by atoms with Crippen LogP contribution in [-0.4, -0.2) is 24.5 Å². The first kappa shape index (κ1) is 14.5. The topological polar surface area (TPSA) is 39.4 Å². The SMILES string of the molecule is CC(=Nc1ccc(C)cc1O[Si](C)C)c1cnn(C)c1.[H+]. The summed E-state index contributed by atoms with van der Waals surface area (Å²) >= 11 is 0. The number of benzene rings is 1. The van der Waals surface area contributed by atoms with Gasteiger partial charge in [-0.2, -0.15) is 5.10 Å². The zero-order valence-corrected chi connectivity index (χ0v) is 13.6. The Morgan fingerprint density at radius 2 is 2.15 bits per heavy atom. The molecule has 5 heteroatoms. The molecule has 1 heterocycles. The highest BCUT2D eigenvalue weighted by Gasteiger charge is 2.08. The van der Waals surface area contributed by atoms with Gasteiger partial charge in [0.15, 0.2) is 0 Å². The van der Waals surface area contributed by atoms with Crippen molar-refractivity contribution in [2.24, 2.45) is 12.0 Å². The van der Waals surface area contributed by atoms with Gasteiger partial charge in [0.1, 0.15) is 11.4 Å². The highest BCUT2D eigenvalue weighted by atomic mass is 28.3. The van der Waals surface area contributed by atoms with Gasteiger partial charge in [-0.1, -0.05) is 6.07 Å². The third kappa shape index (κ3) is 3.57. The predicted molar refractivity (Wildman–Crippen MR) is 85.5 cm³/mol. The molecule has 1 aromatic heterocycles. The summed E-state index contributed by atoms with van der Waals surface area (Å²) in [7, 11) is 1.10. The van der Waals surface area contributed by atoms with E-state index >= 15 is 0 Å². The lowest BCUT2D eigenvalue weighted by atomic mass is 10.2. The Morgan fingerprint density at radius 1 is 1.40 bits per heavy atom. The van der Waals surface area contributed by atoms with Gasteiger partial charge in [-0.15, -0.1) is 0 Å². The minimum Gasteiger partial charge on any atom is -0.541 e. The second kappa shape index (κ2) is 6.05. The number of aryl methyl sites for hydroxylation is 2. The van der Waals surface area contributed by atoms with Gasteiger partial charge >= 0.3 is 1.43 Å². The van der Waals surface area contributed by atoms with Crippen LogP contribution in [0.1, 0.15) is 19.5 Å². The Balaban J connectivity index is 0.00000220. The average molecular weight is 287 g/mol. The van der Waals surface area contributed by atoms with E-state index in [4.69, 9.17) is 9.42 Å². The van der Waals surface area contributed by atoms with E-state index in [1.807, 2.05) is 38.5 Å². The fourth-order valence-corrected chi connectivity index (χ4v) is 2.47. The highest BCUT2D eigenvalue weighted by Crippen LogP contribution is 2.29. The van der Waals surface area contributed by atoms with Gasteiger partial charge in [-0.25, -0.2) is 4.99 Å². The van der Waals surface area contributed by atoms with Crippen LogP contribution in [0.5, 0.6) is 5.75 Å². The van der Waals surface area contributed by atoms with Crippen molar-refractivity contribution in [3.8, 4) is 5.75 Å². The molecule has 0 atom stereocenters. The highest BCUT2D eigenvalue weighted by molar-refractivity contribution is 6.49. The second-order valence-electron chi connectivity index (χ2n) is 5.08. The van der Waals surface area contributed by atoms with E-state index in [-0.39, 0.29) is 1.43 Å². The molecule has 0 aliphatic rings. The maximum absolute atomic E-state index is 5.94. The van der Waals surface area contributed by atoms with Crippen molar-refractivity contribution < 1.29 is 5.85 Å². The maximum atomic E-state index is 5.94. The van der Waals surface area contributed by atoms with Crippen molar-refractivity contribution in [1.29, 1.82) is 0 Å². The van der Waals surface area contributed by atoms with Gasteiger partial charge in [0.05, 0.1) is 6.20 Å². The quantitative estimate of drug-likeness (QED) is 0.636. The smallest absolute Gasteiger partial charge is 0.541 e. The molecule has 105 valence electrons. The van der Waals surface area contributed by atoms with E-state index in [0.29, 0.717) is 0 Å². The van der Waals surface area contributed by atoms with Crippen LogP contribution in [0, 0.1) is 6.92 Å². The van der Waals surface area contributed by atoms with Crippen molar-refractivity contribution in [1.82, 2.24) is 9.78 Å². The van der Waals surface area contributed by atoms with E-state index in [2.05, 4.69) is 31.2 Å². The first-order valence-corrected chi connectivity index (χ1v) is 8.99. The molecule has 0 amide bonds. The van der Waals surface area contributed by atoms with Crippen LogP contribution in [0.4, 0.5) is 5.69 Å². The molecular weight excluding hydrogens is 266 g/mol. The fraction of sp³-hybridized carbons (Fsp3) is 0.333. The third-order valence-corrected chi connectivity index (χ3v) is 3.47. The molecule has 20 heavy (non-hydrogen) atoms. The van der Waals surface area contributed by atoms with Crippen LogP contribution < -0.4 is 4.43 Å². The largest absolute Gasteiger partial charge is 1.00 e. The molecule has 0 N–H and O–H groups in total. The summed E-state index contributed by atoms with van der Waals surface area (Å²) in [6.07, 6.45) is 3.78. The number of aromatic nitrogens is 2. The van der Waals surface area contributed by atoms with Crippen LogP contribution in [0.3, 0.4) is 0 Å². The summed E-state index contributed by atoms with van der Waals surface area (Å²) in [5.74, 6) is 0.868. The zero-order valence-electron chi connectivity index (χ0n) is 13.6. The number of nitrogens with zero attached hydrogens (tertiary/aromatic N) is 3. The molecule has 0 spiro atoms. The van der Waals surface area contributed by atoms with Crippen LogP contribution in [0.25, 0.3) is 0 Å². The molecule has 0 fully saturated rings. The average Bonchev–Trinajstić information content (AvgIpc) is 2.78. The van der Waals surface area contributed by atoms with Crippen LogP contribution in [-0.2, 0) is 7.05 Å². The molecule has 0 aliphatic heterocycles. The third-order valence-electron chi connectivity index (χ3n) is 2.84. The number of hydrogen-bond acceptors (Lipinski definition) is 3. The van der Waals surface area contributed by atoms with Crippen molar-refractivity contribution in [2.75, 3.05) is 0 Å². The molecule has 0 saturated heterocycles. The molecule has 0 unspecified atom stereocenters. The van der Waals surface area contributed by atoms with E-state index < -0.39 is 9.04 Å². The minimum atomic E-state index is -0.806. The van der Waals surface area contributed by atoms with Crippen LogP contribution in [0.2, 0.25) is 13.1 Å². The number of hydrogen-bond donors (Lipinski definition) is 0. The molecule has 0 aliphatic carbocycles. The molecule has 0 saturated carbocycles. The van der Waals surface area contributed by atoms with Crippen molar-refractivity contribution in [3.63, 3.8) is 0 Å². The van der Waals surface area contributed by atoms with Gasteiger partial charge in [-0.05, 0) is 44.6 Å². The lowest BCUT2D eigenvalue weighted by molar-refractivity contribution is 0.581. The Hall–Kier alpha value is -1.88. The molecule has 1 aromatic carbocycles. The van der Waals surface area contributed by atoms with E-state index in [1.54, 1.807) is 4.68 Å². The van der Waals surface area contributed by atoms with Crippen LogP contribution in [0.15, 0.2) is 35.6 Å². The predicted octanol–water partition coefficient (Wildman–Crippen LogP) is 3.61. The molecular formula is C15H21N3OSi+. The Morgan fingerprint density at radius 3 is 2.75 bits per heavy atom. The summed E-state index contributed by atoms with van der Waals surface area (Å²) in [5, 5.41) is 4.17. The lowest BCUT2D eigenvalue weighted by Crippen LogP contribution is -2.11. The molecule has 2 rings (SSSR count). The minimum absolute atomic E-state index is 0. The number of aliphatic imine (C=N–C) groups is 1. The van der Waals surface area contributed by atoms with Gasteiger partial charge in [0.2, 0.25) is 0 Å². The molecule has 4 nitrogen and oxygen atoms in total. The van der Waals surface area contributed by atoms with Gasteiger partial charge in [0.25, 0.3) is 9.04 Å². The van der Waals surface area contributed by atoms with Gasteiger partial charge in [0, 0.05) is 24.5 Å². The van der Waals surface area contributed by atoms with Gasteiger partial charge < -0.3 is 4.43 Å². The summed E-state index contributed by atoms with van der Waals surface area (Å²) in [5.41, 5.74) is 4.02. The number of rotatable bonds is 4. The van der Waals surface area contributed by atoms with Gasteiger partial charge in [-0.3, -0.25) is 4.68 Å². The normalized spacial score (nSPS) is 12.0. The maximum Gasteiger partial charge on any atom is 1.00 e. The van der Waals surface area contributed by atoms with Crippen molar-refractivity contribution in [3.05, 3.63) is 41.7 Å². The first-order chi connectivity index (χ1) is 9.45. The fourth-order valence-electron chi connectivity index (χ4n) is 1.87. The Labute approximate surface area is 123 Å². The van der Waals surface area contributed by atoms with Crippen molar-refractivity contribution >= 4 is 20.4 Å². The van der Waals surface area contributed by atoms with Crippen LogP contribution >= 0.6 is 0 Å². The summed E-state index contributed by atoms with van der Waals surface area (Å²) < 4.78 is 7.72. The molecule has 2 aromatic rings. The first-order valence-electron chi connectivity index (χ1n) is 6.58.